The van der Waals surface area contributed by atoms with Crippen LogP contribution >= 0.6 is 0 Å². The molecule has 3 heteroatoms. The van der Waals surface area contributed by atoms with Crippen LogP contribution in [0.4, 0.5) is 11.4 Å². The summed E-state index contributed by atoms with van der Waals surface area (Å²) in [7, 11) is 0. The van der Waals surface area contributed by atoms with Crippen LogP contribution in [0.15, 0.2) is 189 Å². The molecule has 3 aromatic heterocycles. The fourth-order valence-corrected chi connectivity index (χ4v) is 9.32. The maximum Gasteiger partial charge on any atom is 0.0620 e. The molecule has 0 aliphatic heterocycles. The number of aromatic nitrogens is 2. The molecule has 10 aromatic rings. The normalized spacial score (nSPS) is 14.2. The lowest BCUT2D eigenvalue weighted by atomic mass is 9.94. The Balaban J connectivity index is 1.06. The molecule has 7 aromatic carbocycles. The number of hydrogen-bond donors (Lipinski definition) is 0. The van der Waals surface area contributed by atoms with Gasteiger partial charge in [0.2, 0.25) is 0 Å². The van der Waals surface area contributed by atoms with Crippen LogP contribution in [0.1, 0.15) is 11.3 Å². The van der Waals surface area contributed by atoms with E-state index in [-0.39, 0.29) is 6.04 Å². The number of para-hydroxylation sites is 3. The molecule has 0 radical (unpaired) electrons. The van der Waals surface area contributed by atoms with Crippen molar-refractivity contribution in [3.8, 4) is 27.9 Å². The second-order valence-corrected chi connectivity index (χ2v) is 15.0. The summed E-state index contributed by atoms with van der Waals surface area (Å²) in [5.41, 5.74) is 14.6. The predicted molar refractivity (Wildman–Crippen MR) is 242 cm³/mol. The van der Waals surface area contributed by atoms with Crippen LogP contribution in [0.3, 0.4) is 0 Å². The van der Waals surface area contributed by atoms with Crippen molar-refractivity contribution in [1.29, 1.82) is 0 Å². The lowest BCUT2D eigenvalue weighted by Gasteiger charge is -2.34. The van der Waals surface area contributed by atoms with E-state index < -0.39 is 0 Å². The molecule has 1 unspecified atom stereocenters. The summed E-state index contributed by atoms with van der Waals surface area (Å²) in [5, 5.41) is 7.07. The minimum Gasteiger partial charge on any atom is -0.334 e. The van der Waals surface area contributed by atoms with Crippen LogP contribution in [0.25, 0.3) is 84.8 Å². The third-order valence-electron chi connectivity index (χ3n) is 11.9. The van der Waals surface area contributed by atoms with Gasteiger partial charge in [-0.2, -0.15) is 0 Å². The predicted octanol–water partition coefficient (Wildman–Crippen LogP) is 12.1. The Morgan fingerprint density at radius 3 is 1.91 bits per heavy atom. The monoisotopic (exact) mass is 729 g/mol. The number of rotatable bonds is 7. The van der Waals surface area contributed by atoms with Crippen molar-refractivity contribution in [2.24, 2.45) is 0 Å². The molecular weight excluding hydrogens is 691 g/mol. The van der Waals surface area contributed by atoms with E-state index in [2.05, 4.69) is 215 Å². The smallest absolute Gasteiger partial charge is 0.0620 e. The number of allylic oxidation sites excluding steroid dienone is 1. The minimum atomic E-state index is 0.0776. The molecule has 11 rings (SSSR count). The van der Waals surface area contributed by atoms with Crippen molar-refractivity contribution in [3.05, 3.63) is 210 Å². The minimum absolute atomic E-state index is 0.0776. The number of hydrogen-bond acceptors (Lipinski definition) is 1. The molecular formula is C54H39N3. The highest BCUT2D eigenvalue weighted by Gasteiger charge is 2.28. The van der Waals surface area contributed by atoms with Crippen molar-refractivity contribution in [2.45, 2.75) is 12.5 Å². The lowest BCUT2D eigenvalue weighted by Crippen LogP contribution is -2.33. The third-order valence-corrected chi connectivity index (χ3v) is 11.9. The highest BCUT2D eigenvalue weighted by Crippen LogP contribution is 2.41. The van der Waals surface area contributed by atoms with Gasteiger partial charge in [0.25, 0.3) is 0 Å². The maximum absolute atomic E-state index is 4.47. The van der Waals surface area contributed by atoms with Crippen LogP contribution < -0.4 is 15.5 Å². The topological polar surface area (TPSA) is 12.6 Å². The van der Waals surface area contributed by atoms with Gasteiger partial charge >= 0.3 is 0 Å². The van der Waals surface area contributed by atoms with Crippen molar-refractivity contribution in [2.75, 3.05) is 4.90 Å². The zero-order valence-electron chi connectivity index (χ0n) is 31.5. The highest BCUT2D eigenvalue weighted by molar-refractivity contribution is 6.15. The van der Waals surface area contributed by atoms with E-state index in [0.717, 1.165) is 28.4 Å². The fourth-order valence-electron chi connectivity index (χ4n) is 9.32. The largest absolute Gasteiger partial charge is 0.334 e. The zero-order chi connectivity index (χ0) is 38.0. The molecule has 0 fully saturated rings. The van der Waals surface area contributed by atoms with Crippen LogP contribution in [-0.2, 0) is 6.42 Å². The summed E-state index contributed by atoms with van der Waals surface area (Å²) in [6.45, 7) is 8.50. The molecule has 0 N–H and O–H groups in total. The summed E-state index contributed by atoms with van der Waals surface area (Å²) in [6.07, 6.45) is 9.55. The van der Waals surface area contributed by atoms with E-state index in [1.165, 1.54) is 77.3 Å². The Kier molecular flexibility index (Phi) is 7.61. The van der Waals surface area contributed by atoms with E-state index in [9.17, 15) is 0 Å². The van der Waals surface area contributed by atoms with Gasteiger partial charge in [-0.25, -0.2) is 0 Å². The summed E-state index contributed by atoms with van der Waals surface area (Å²) in [6, 6.07) is 61.8. The molecule has 0 amide bonds. The molecule has 1 atom stereocenters. The van der Waals surface area contributed by atoms with Gasteiger partial charge < -0.3 is 13.9 Å². The summed E-state index contributed by atoms with van der Waals surface area (Å²) >= 11 is 0. The van der Waals surface area contributed by atoms with Crippen LogP contribution in [-0.4, -0.2) is 15.0 Å². The molecule has 3 nitrogen and oxygen atoms in total. The first-order chi connectivity index (χ1) is 28.2. The first-order valence-corrected chi connectivity index (χ1v) is 19.7. The van der Waals surface area contributed by atoms with Crippen LogP contribution in [0.5, 0.6) is 0 Å². The van der Waals surface area contributed by atoms with Crippen LogP contribution in [0.2, 0.25) is 0 Å². The summed E-state index contributed by atoms with van der Waals surface area (Å²) in [5.74, 6) is 0. The molecule has 1 aliphatic carbocycles. The van der Waals surface area contributed by atoms with Gasteiger partial charge in [0, 0.05) is 49.5 Å². The Labute approximate surface area is 331 Å². The van der Waals surface area contributed by atoms with Gasteiger partial charge in [-0.1, -0.05) is 147 Å². The van der Waals surface area contributed by atoms with Gasteiger partial charge in [0.15, 0.2) is 0 Å². The van der Waals surface area contributed by atoms with Gasteiger partial charge in [-0.3, -0.25) is 0 Å². The number of fused-ring (bicyclic) bond motifs is 6. The van der Waals surface area contributed by atoms with E-state index in [1.54, 1.807) is 0 Å². The van der Waals surface area contributed by atoms with E-state index in [4.69, 9.17) is 0 Å². The van der Waals surface area contributed by atoms with Gasteiger partial charge in [0.05, 0.1) is 27.9 Å². The van der Waals surface area contributed by atoms with Gasteiger partial charge in [0.1, 0.15) is 0 Å². The second kappa shape index (κ2) is 13.1. The van der Waals surface area contributed by atoms with Crippen molar-refractivity contribution in [3.63, 3.8) is 0 Å². The Hall–Kier alpha value is -7.36. The van der Waals surface area contributed by atoms with Gasteiger partial charge in [-0.05, 0) is 94.9 Å². The number of benzene rings is 7. The SMILES string of the molecule is C=C/C=c1\c(=C)c2cccc3c4cc(N(c5ccc(-c6ccc(-c7ccccc7)cc6)cc5)C5C=Cc6c(c7ccccc7n6-c6ccccc6)C5)ccc4n1c23. The Bertz CT molecular complexity index is 3280. The molecule has 0 spiro atoms. The van der Waals surface area contributed by atoms with Crippen LogP contribution in [0, 0.1) is 0 Å². The lowest BCUT2D eigenvalue weighted by molar-refractivity contribution is 0.767. The number of nitrogens with zero attached hydrogens (tertiary/aromatic N) is 3. The number of anilines is 2. The molecule has 57 heavy (non-hydrogen) atoms. The van der Waals surface area contributed by atoms with E-state index in [0.29, 0.717) is 0 Å². The fraction of sp³-hybridized carbons (Fsp3) is 0.0370. The van der Waals surface area contributed by atoms with Gasteiger partial charge in [-0.15, -0.1) is 0 Å². The van der Waals surface area contributed by atoms with Crippen molar-refractivity contribution in [1.82, 2.24) is 8.97 Å². The Morgan fingerprint density at radius 1 is 0.561 bits per heavy atom. The summed E-state index contributed by atoms with van der Waals surface area (Å²) < 4.78 is 4.78. The first kappa shape index (κ1) is 33.0. The Morgan fingerprint density at radius 2 is 1.18 bits per heavy atom. The molecule has 1 aliphatic rings. The maximum atomic E-state index is 4.47. The molecule has 0 saturated carbocycles. The van der Waals surface area contributed by atoms with Crippen molar-refractivity contribution >= 4 is 68.2 Å². The summed E-state index contributed by atoms with van der Waals surface area (Å²) in [4.78, 5) is 2.54. The highest BCUT2D eigenvalue weighted by atomic mass is 15.2. The average Bonchev–Trinajstić information content (AvgIpc) is 3.89. The molecule has 270 valence electrons. The second-order valence-electron chi connectivity index (χ2n) is 15.0. The van der Waals surface area contributed by atoms with Crippen molar-refractivity contribution < 1.29 is 0 Å². The standard InChI is InChI=1S/C54H39N3/c1-3-13-50-36(2)45-19-12-20-47-49-35-44(31-33-53(49)57(50)54(45)47)55(42-28-26-40(27-29-42)39-24-22-38(23-25-39)37-14-6-4-7-15-37)43-30-32-52-48(34-43)46-18-10-11-21-51(46)56(52)41-16-8-5-9-17-41/h3-33,35,43H,1-2,34H2/b50-13+. The molecule has 0 saturated heterocycles. The first-order valence-electron chi connectivity index (χ1n) is 19.7. The zero-order valence-corrected chi connectivity index (χ0v) is 31.5. The van der Waals surface area contributed by atoms with E-state index in [1.807, 2.05) is 6.08 Å². The quantitative estimate of drug-likeness (QED) is 0.159. The third kappa shape index (κ3) is 5.20. The molecule has 0 bridgehead atoms. The average molecular weight is 730 g/mol. The molecule has 3 heterocycles. The van der Waals surface area contributed by atoms with E-state index >= 15 is 0 Å².